The van der Waals surface area contributed by atoms with Crippen LogP contribution in [0.5, 0.6) is 5.75 Å². The third kappa shape index (κ3) is 3.11. The molecule has 0 bridgehead atoms. The van der Waals surface area contributed by atoms with Crippen LogP contribution in [0.1, 0.15) is 28.8 Å². The number of Topliss-reactive ketones (excluding diaryl/α,β-unsaturated/α-hetero) is 4. The molecule has 2 amide bonds. The highest BCUT2D eigenvalue weighted by Gasteiger charge is 2.73. The molecular weight excluding hydrogens is 474 g/mol. The average molecular weight is 501 g/mol. The van der Waals surface area contributed by atoms with E-state index in [1.807, 2.05) is 0 Å². The van der Waals surface area contributed by atoms with E-state index < -0.39 is 82.1 Å². The van der Waals surface area contributed by atoms with Gasteiger partial charge in [-0.15, -0.1) is 0 Å². The van der Waals surface area contributed by atoms with Gasteiger partial charge >= 0.3 is 0 Å². The Kier molecular flexibility index (Phi) is 6.10. The van der Waals surface area contributed by atoms with Crippen molar-refractivity contribution < 1.29 is 44.1 Å². The van der Waals surface area contributed by atoms with Crippen molar-refractivity contribution in [2.75, 3.05) is 26.5 Å². The van der Waals surface area contributed by atoms with Gasteiger partial charge in [-0.3, -0.25) is 33.7 Å². The highest BCUT2D eigenvalue weighted by atomic mass is 16.3. The predicted molar refractivity (Wildman–Crippen MR) is 122 cm³/mol. The Balaban J connectivity index is 1.94. The van der Waals surface area contributed by atoms with Gasteiger partial charge in [0.1, 0.15) is 5.75 Å². The number of benzene rings is 1. The minimum atomic E-state index is -3.01. The summed E-state index contributed by atoms with van der Waals surface area (Å²) < 4.78 is 0. The Labute approximate surface area is 205 Å². The van der Waals surface area contributed by atoms with Crippen LogP contribution >= 0.6 is 0 Å². The molecule has 2 saturated carbocycles. The summed E-state index contributed by atoms with van der Waals surface area (Å²) in [5, 5.41) is 38.3. The third-order valence-corrected chi connectivity index (χ3v) is 7.93. The van der Waals surface area contributed by atoms with Crippen LogP contribution in [0.25, 0.3) is 0 Å². The maximum Gasteiger partial charge on any atom is 0.238 e. The van der Waals surface area contributed by atoms with Crippen molar-refractivity contribution in [3.63, 3.8) is 0 Å². The molecule has 12 heteroatoms. The summed E-state index contributed by atoms with van der Waals surface area (Å²) in [6.45, 7) is 1.61. The molecule has 0 heterocycles. The third-order valence-electron chi connectivity index (χ3n) is 7.93. The van der Waals surface area contributed by atoms with Crippen LogP contribution < -0.4 is 10.6 Å². The van der Waals surface area contributed by atoms with Crippen molar-refractivity contribution in [3.05, 3.63) is 23.3 Å². The standard InChI is InChI=1S/C24H27N3O9/c1-8-9-5-6-10(26-7-28)17(29)12(9)18(30)13-11(8)19(31)15-16(27(3)4)20(32)14(23(35)25-2)22(34)24(15,36)21(13)33/h5-8,11,13-16,19,29,31,36H,1-4H3,(H,25,35)(H,26,28)/t8-,11+,13?,14?,15+,16-,19-,24-/m0/s1. The number of nitrogens with one attached hydrogen (secondary N) is 2. The Morgan fingerprint density at radius 2 is 1.78 bits per heavy atom. The van der Waals surface area contributed by atoms with Crippen molar-refractivity contribution in [2.24, 2.45) is 23.7 Å². The van der Waals surface area contributed by atoms with E-state index in [0.717, 1.165) is 0 Å². The van der Waals surface area contributed by atoms with Crippen LogP contribution in [0.15, 0.2) is 12.1 Å². The number of rotatable bonds is 4. The van der Waals surface area contributed by atoms with Crippen molar-refractivity contribution in [3.8, 4) is 5.75 Å². The highest BCUT2D eigenvalue weighted by molar-refractivity contribution is 6.32. The van der Waals surface area contributed by atoms with Crippen molar-refractivity contribution >= 4 is 41.1 Å². The van der Waals surface area contributed by atoms with Crippen molar-refractivity contribution in [2.45, 2.75) is 30.6 Å². The maximum absolute atomic E-state index is 13.9. The number of ketones is 4. The minimum Gasteiger partial charge on any atom is -0.505 e. The lowest BCUT2D eigenvalue weighted by Crippen LogP contribution is -2.77. The lowest BCUT2D eigenvalue weighted by atomic mass is 9.49. The van der Waals surface area contributed by atoms with Gasteiger partial charge in [-0.1, -0.05) is 13.0 Å². The zero-order valence-electron chi connectivity index (χ0n) is 20.0. The molecule has 0 aromatic heterocycles. The van der Waals surface area contributed by atoms with Crippen LogP contribution in [0.2, 0.25) is 0 Å². The summed E-state index contributed by atoms with van der Waals surface area (Å²) >= 11 is 0. The van der Waals surface area contributed by atoms with Crippen LogP contribution in [0, 0.1) is 23.7 Å². The number of aliphatic hydroxyl groups excluding tert-OH is 1. The van der Waals surface area contributed by atoms with Crippen LogP contribution in [0.4, 0.5) is 5.69 Å². The summed E-state index contributed by atoms with van der Waals surface area (Å²) in [4.78, 5) is 78.9. The number of hydrogen-bond donors (Lipinski definition) is 5. The van der Waals surface area contributed by atoms with Gasteiger partial charge in [-0.25, -0.2) is 0 Å². The van der Waals surface area contributed by atoms with E-state index in [1.165, 1.54) is 38.2 Å². The normalized spacial score (nSPS) is 35.6. The quantitative estimate of drug-likeness (QED) is 0.179. The lowest BCUT2D eigenvalue weighted by molar-refractivity contribution is -0.197. The molecule has 2 unspecified atom stereocenters. The predicted octanol–water partition coefficient (Wildman–Crippen LogP) is -1.77. The van der Waals surface area contributed by atoms with E-state index >= 15 is 0 Å². The second-order valence-electron chi connectivity index (χ2n) is 9.77. The summed E-state index contributed by atoms with van der Waals surface area (Å²) in [5.74, 6) is -13.3. The Morgan fingerprint density at radius 1 is 1.14 bits per heavy atom. The second-order valence-corrected chi connectivity index (χ2v) is 9.77. The first-order chi connectivity index (χ1) is 16.9. The topological polar surface area (TPSA) is 190 Å². The molecule has 12 nitrogen and oxygen atoms in total. The fourth-order valence-corrected chi connectivity index (χ4v) is 6.29. The fourth-order valence-electron chi connectivity index (χ4n) is 6.29. The van der Waals surface area contributed by atoms with Crippen LogP contribution in [-0.2, 0) is 24.0 Å². The molecule has 0 aliphatic heterocycles. The van der Waals surface area contributed by atoms with Crippen LogP contribution in [0.3, 0.4) is 0 Å². The molecule has 1 aromatic carbocycles. The van der Waals surface area contributed by atoms with E-state index in [4.69, 9.17) is 0 Å². The number of carbonyl (C=O) groups is 6. The molecule has 1 aromatic rings. The van der Waals surface area contributed by atoms with Gasteiger partial charge in [0, 0.05) is 13.0 Å². The molecule has 0 radical (unpaired) electrons. The molecule has 192 valence electrons. The van der Waals surface area contributed by atoms with E-state index in [9.17, 15) is 44.1 Å². The van der Waals surface area contributed by atoms with Crippen molar-refractivity contribution in [1.82, 2.24) is 10.2 Å². The second kappa shape index (κ2) is 8.57. The zero-order chi connectivity index (χ0) is 26.9. The highest BCUT2D eigenvalue weighted by Crippen LogP contribution is 2.55. The van der Waals surface area contributed by atoms with Gasteiger partial charge in [0.15, 0.2) is 34.7 Å². The summed E-state index contributed by atoms with van der Waals surface area (Å²) in [7, 11) is 4.09. The average Bonchev–Trinajstić information content (AvgIpc) is 2.82. The fraction of sp³-hybridized carbons (Fsp3) is 0.500. The molecule has 36 heavy (non-hydrogen) atoms. The van der Waals surface area contributed by atoms with Gasteiger partial charge in [0.05, 0.1) is 35.2 Å². The first-order valence-electron chi connectivity index (χ1n) is 11.4. The number of amides is 2. The number of fused-ring (bicyclic) bond motifs is 3. The van der Waals surface area contributed by atoms with E-state index in [1.54, 1.807) is 6.92 Å². The van der Waals surface area contributed by atoms with E-state index in [0.29, 0.717) is 12.0 Å². The monoisotopic (exact) mass is 501 g/mol. The number of likely N-dealkylation sites (N-methyl/N-ethyl adjacent to an activating group) is 1. The van der Waals surface area contributed by atoms with Gasteiger partial charge in [0.2, 0.25) is 12.3 Å². The maximum atomic E-state index is 13.9. The minimum absolute atomic E-state index is 0.0881. The van der Waals surface area contributed by atoms with E-state index in [-0.39, 0.29) is 11.3 Å². The van der Waals surface area contributed by atoms with Gasteiger partial charge < -0.3 is 26.0 Å². The number of phenolic OH excluding ortho intramolecular Hbond substituents is 1. The number of nitrogens with zero attached hydrogens (tertiary/aromatic N) is 1. The Morgan fingerprint density at radius 3 is 2.33 bits per heavy atom. The Hall–Kier alpha value is -3.48. The first-order valence-corrected chi connectivity index (χ1v) is 11.4. The molecule has 0 spiro atoms. The SMILES string of the molecule is CNC(=O)C1C(=O)[C@@H](N(C)C)[C@@H]2[C@@H](O)[C@H]3C(C(=O)c4c(ccc(NC=O)c4O)[C@@H]3C)C(=O)[C@]2(O)C1=O. The van der Waals surface area contributed by atoms with Crippen molar-refractivity contribution in [1.29, 1.82) is 0 Å². The lowest BCUT2D eigenvalue weighted by Gasteiger charge is -2.56. The van der Waals surface area contributed by atoms with Gasteiger partial charge in [-0.05, 0) is 31.6 Å². The zero-order valence-corrected chi connectivity index (χ0v) is 20.0. The summed E-state index contributed by atoms with van der Waals surface area (Å²) in [5.41, 5.74) is -3.08. The number of hydrogen-bond acceptors (Lipinski definition) is 10. The number of anilines is 1. The molecule has 2 fully saturated rings. The number of aliphatic hydroxyl groups is 2. The molecule has 0 saturated heterocycles. The number of aromatic hydroxyl groups is 1. The largest absolute Gasteiger partial charge is 0.505 e. The molecular formula is C24H27N3O9. The van der Waals surface area contributed by atoms with Gasteiger partial charge in [0.25, 0.3) is 0 Å². The molecule has 3 aliphatic rings. The summed E-state index contributed by atoms with van der Waals surface area (Å²) in [6.07, 6.45) is -1.38. The first kappa shape index (κ1) is 25.6. The molecule has 3 aliphatic carbocycles. The summed E-state index contributed by atoms with van der Waals surface area (Å²) in [6, 6.07) is 1.45. The smallest absolute Gasteiger partial charge is 0.238 e. The molecule has 5 N–H and O–H groups in total. The van der Waals surface area contributed by atoms with E-state index in [2.05, 4.69) is 10.6 Å². The van der Waals surface area contributed by atoms with Crippen LogP contribution in [-0.4, -0.2) is 94.6 Å². The number of phenols is 1. The molecule has 4 rings (SSSR count). The number of carbonyl (C=O) groups excluding carboxylic acids is 6. The molecule has 8 atom stereocenters. The Bertz CT molecular complexity index is 1210. The van der Waals surface area contributed by atoms with Gasteiger partial charge in [-0.2, -0.15) is 0 Å².